The van der Waals surface area contributed by atoms with E-state index in [0.29, 0.717) is 0 Å². The van der Waals surface area contributed by atoms with Crippen LogP contribution in [0.5, 0.6) is 0 Å². The Bertz CT molecular complexity index is 235. The SMILES string of the molecule is N#CC1(C(=O)O)CC1C(F)F. The molecule has 0 saturated heterocycles. The highest BCUT2D eigenvalue weighted by Crippen LogP contribution is 2.55. The van der Waals surface area contributed by atoms with Crippen molar-refractivity contribution in [3.05, 3.63) is 0 Å². The summed E-state index contributed by atoms with van der Waals surface area (Å²) in [5.74, 6) is -2.71. The minimum absolute atomic E-state index is 0.226. The van der Waals surface area contributed by atoms with Crippen molar-refractivity contribution in [1.82, 2.24) is 0 Å². The maximum atomic E-state index is 11.8. The van der Waals surface area contributed by atoms with Crippen LogP contribution in [0.3, 0.4) is 0 Å². The first-order valence-electron chi connectivity index (χ1n) is 2.97. The number of carboxylic acids is 1. The zero-order chi connectivity index (χ0) is 8.65. The number of nitrogens with zero attached hydrogens (tertiary/aromatic N) is 1. The van der Waals surface area contributed by atoms with Crippen molar-refractivity contribution in [3.8, 4) is 6.07 Å². The number of aliphatic carboxylic acids is 1. The van der Waals surface area contributed by atoms with Gasteiger partial charge in [0.25, 0.3) is 0 Å². The maximum absolute atomic E-state index is 11.8. The molecule has 0 radical (unpaired) electrons. The molecule has 0 aliphatic heterocycles. The van der Waals surface area contributed by atoms with Gasteiger partial charge < -0.3 is 5.11 Å². The number of carbonyl (C=O) groups is 1. The first-order chi connectivity index (χ1) is 5.04. The van der Waals surface area contributed by atoms with E-state index >= 15 is 0 Å². The van der Waals surface area contributed by atoms with Crippen LogP contribution in [0.1, 0.15) is 6.42 Å². The average molecular weight is 161 g/mol. The Balaban J connectivity index is 2.74. The third-order valence-electron chi connectivity index (χ3n) is 1.90. The second kappa shape index (κ2) is 2.16. The summed E-state index contributed by atoms with van der Waals surface area (Å²) in [4.78, 5) is 10.3. The molecule has 3 nitrogen and oxygen atoms in total. The highest BCUT2D eigenvalue weighted by molar-refractivity contribution is 5.82. The van der Waals surface area contributed by atoms with E-state index in [1.54, 1.807) is 0 Å². The fourth-order valence-electron chi connectivity index (χ4n) is 1.01. The molecule has 1 saturated carbocycles. The van der Waals surface area contributed by atoms with Gasteiger partial charge in [0.2, 0.25) is 6.43 Å². The fourth-order valence-corrected chi connectivity index (χ4v) is 1.01. The summed E-state index contributed by atoms with van der Waals surface area (Å²) in [6.07, 6.45) is -2.93. The quantitative estimate of drug-likeness (QED) is 0.653. The molecule has 0 aromatic heterocycles. The standard InChI is InChI=1S/C6H5F2NO2/c7-4(8)3-1-6(3,2-9)5(10)11/h3-4H,1H2,(H,10,11). The van der Waals surface area contributed by atoms with Crippen LogP contribution < -0.4 is 0 Å². The van der Waals surface area contributed by atoms with Gasteiger partial charge in [-0.3, -0.25) is 4.79 Å². The molecule has 1 aliphatic carbocycles. The van der Waals surface area contributed by atoms with Crippen LogP contribution in [0.15, 0.2) is 0 Å². The Morgan fingerprint density at radius 3 is 2.45 bits per heavy atom. The summed E-state index contributed by atoms with van der Waals surface area (Å²) in [7, 11) is 0. The minimum Gasteiger partial charge on any atom is -0.480 e. The van der Waals surface area contributed by atoms with Gasteiger partial charge in [-0.15, -0.1) is 0 Å². The Kier molecular flexibility index (Phi) is 1.55. The Labute approximate surface area is 61.2 Å². The van der Waals surface area contributed by atoms with Crippen LogP contribution in [-0.2, 0) is 4.79 Å². The number of carboxylic acid groups (broad SMARTS) is 1. The molecular formula is C6H5F2NO2. The van der Waals surface area contributed by atoms with Crippen LogP contribution in [0, 0.1) is 22.7 Å². The molecule has 0 spiro atoms. The first-order valence-corrected chi connectivity index (χ1v) is 2.97. The van der Waals surface area contributed by atoms with Crippen molar-refractivity contribution >= 4 is 5.97 Å². The van der Waals surface area contributed by atoms with Gasteiger partial charge in [-0.05, 0) is 6.42 Å². The van der Waals surface area contributed by atoms with E-state index in [-0.39, 0.29) is 6.42 Å². The number of alkyl halides is 2. The first kappa shape index (κ1) is 7.92. The predicted molar refractivity (Wildman–Crippen MR) is 29.8 cm³/mol. The van der Waals surface area contributed by atoms with Gasteiger partial charge in [-0.1, -0.05) is 0 Å². The van der Waals surface area contributed by atoms with Crippen molar-refractivity contribution in [2.24, 2.45) is 11.3 Å². The van der Waals surface area contributed by atoms with Gasteiger partial charge in [-0.25, -0.2) is 8.78 Å². The second-order valence-electron chi connectivity index (χ2n) is 2.53. The van der Waals surface area contributed by atoms with E-state index in [2.05, 4.69) is 0 Å². The van der Waals surface area contributed by atoms with E-state index in [4.69, 9.17) is 10.4 Å². The molecule has 1 N–H and O–H groups in total. The summed E-state index contributed by atoms with van der Waals surface area (Å²) < 4.78 is 23.7. The molecule has 0 aromatic carbocycles. The Morgan fingerprint density at radius 1 is 1.82 bits per heavy atom. The molecule has 0 bridgehead atoms. The van der Waals surface area contributed by atoms with Crippen molar-refractivity contribution in [1.29, 1.82) is 5.26 Å². The smallest absolute Gasteiger partial charge is 0.324 e. The number of hydrogen-bond donors (Lipinski definition) is 1. The van der Waals surface area contributed by atoms with Crippen LogP contribution in [0.2, 0.25) is 0 Å². The van der Waals surface area contributed by atoms with Gasteiger partial charge in [0.15, 0.2) is 5.41 Å². The molecule has 1 rings (SSSR count). The van der Waals surface area contributed by atoms with E-state index in [1.165, 1.54) is 6.07 Å². The second-order valence-corrected chi connectivity index (χ2v) is 2.53. The van der Waals surface area contributed by atoms with E-state index in [0.717, 1.165) is 0 Å². The number of halogens is 2. The maximum Gasteiger partial charge on any atom is 0.324 e. The topological polar surface area (TPSA) is 61.1 Å². The van der Waals surface area contributed by atoms with Crippen molar-refractivity contribution in [2.75, 3.05) is 0 Å². The van der Waals surface area contributed by atoms with Crippen LogP contribution in [0.25, 0.3) is 0 Å². The third kappa shape index (κ3) is 0.946. The summed E-state index contributed by atoms with van der Waals surface area (Å²) in [5.41, 5.74) is -1.80. The molecular weight excluding hydrogens is 156 g/mol. The van der Waals surface area contributed by atoms with Crippen molar-refractivity contribution in [3.63, 3.8) is 0 Å². The van der Waals surface area contributed by atoms with Crippen molar-refractivity contribution in [2.45, 2.75) is 12.8 Å². The van der Waals surface area contributed by atoms with Gasteiger partial charge >= 0.3 is 5.97 Å². The molecule has 11 heavy (non-hydrogen) atoms. The molecule has 1 aliphatic rings. The van der Waals surface area contributed by atoms with Crippen LogP contribution >= 0.6 is 0 Å². The lowest BCUT2D eigenvalue weighted by molar-refractivity contribution is -0.142. The van der Waals surface area contributed by atoms with E-state index < -0.39 is 23.7 Å². The van der Waals surface area contributed by atoms with E-state index in [1.807, 2.05) is 0 Å². The molecule has 0 amide bonds. The fraction of sp³-hybridized carbons (Fsp3) is 0.667. The summed E-state index contributed by atoms with van der Waals surface area (Å²) in [5, 5.41) is 16.6. The summed E-state index contributed by atoms with van der Waals surface area (Å²) >= 11 is 0. The third-order valence-corrected chi connectivity index (χ3v) is 1.90. The highest BCUT2D eigenvalue weighted by atomic mass is 19.3. The lowest BCUT2D eigenvalue weighted by atomic mass is 10.1. The lowest BCUT2D eigenvalue weighted by Crippen LogP contribution is -2.17. The van der Waals surface area contributed by atoms with Gasteiger partial charge in [0.1, 0.15) is 0 Å². The van der Waals surface area contributed by atoms with Gasteiger partial charge in [0.05, 0.1) is 12.0 Å². The number of hydrogen-bond acceptors (Lipinski definition) is 2. The predicted octanol–water partition coefficient (Wildman–Crippen LogP) is 0.866. The summed E-state index contributed by atoms with van der Waals surface area (Å²) in [6.45, 7) is 0. The molecule has 2 atom stereocenters. The Hall–Kier alpha value is -1.18. The molecule has 2 unspecified atom stereocenters. The monoisotopic (exact) mass is 161 g/mol. The molecule has 5 heteroatoms. The number of nitriles is 1. The summed E-state index contributed by atoms with van der Waals surface area (Å²) in [6, 6.07) is 1.40. The normalized spacial score (nSPS) is 34.9. The van der Waals surface area contributed by atoms with Gasteiger partial charge in [-0.2, -0.15) is 5.26 Å². The molecule has 0 aromatic rings. The lowest BCUT2D eigenvalue weighted by Gasteiger charge is -1.99. The molecule has 60 valence electrons. The van der Waals surface area contributed by atoms with Gasteiger partial charge in [0, 0.05) is 0 Å². The minimum atomic E-state index is -2.70. The van der Waals surface area contributed by atoms with Crippen LogP contribution in [-0.4, -0.2) is 17.5 Å². The molecule has 0 heterocycles. The van der Waals surface area contributed by atoms with Crippen molar-refractivity contribution < 1.29 is 18.7 Å². The zero-order valence-electron chi connectivity index (χ0n) is 5.42. The largest absolute Gasteiger partial charge is 0.480 e. The van der Waals surface area contributed by atoms with E-state index in [9.17, 15) is 13.6 Å². The molecule has 1 fully saturated rings. The number of rotatable bonds is 2. The highest BCUT2D eigenvalue weighted by Gasteiger charge is 2.65. The average Bonchev–Trinajstić information content (AvgIpc) is 2.62. The zero-order valence-corrected chi connectivity index (χ0v) is 5.42. The Morgan fingerprint density at radius 2 is 2.36 bits per heavy atom. The van der Waals surface area contributed by atoms with Crippen LogP contribution in [0.4, 0.5) is 8.78 Å².